The van der Waals surface area contributed by atoms with Gasteiger partial charge in [0.25, 0.3) is 0 Å². The molecule has 1 fully saturated rings. The Morgan fingerprint density at radius 1 is 1.13 bits per heavy atom. The second kappa shape index (κ2) is 9.66. The summed E-state index contributed by atoms with van der Waals surface area (Å²) in [5.74, 6) is 1.31. The first-order chi connectivity index (χ1) is 15.0. The van der Waals surface area contributed by atoms with E-state index in [4.69, 9.17) is 4.74 Å². The van der Waals surface area contributed by atoms with E-state index >= 15 is 0 Å². The van der Waals surface area contributed by atoms with Crippen LogP contribution < -0.4 is 4.74 Å². The molecule has 1 atom stereocenters. The first-order valence-electron chi connectivity index (χ1n) is 10.7. The number of hydrogen-bond donors (Lipinski definition) is 1. The second-order valence-electron chi connectivity index (χ2n) is 8.31. The fourth-order valence-corrected chi connectivity index (χ4v) is 5.09. The van der Waals surface area contributed by atoms with Crippen molar-refractivity contribution in [3.05, 3.63) is 77.6 Å². The maximum absolute atomic E-state index is 12.0. The zero-order valence-electron chi connectivity index (χ0n) is 17.8. The normalized spacial score (nSPS) is 17.5. The molecule has 0 aliphatic carbocycles. The van der Waals surface area contributed by atoms with Crippen LogP contribution in [0.25, 0.3) is 0 Å². The van der Waals surface area contributed by atoms with Crippen molar-refractivity contribution in [2.24, 2.45) is 5.92 Å². The van der Waals surface area contributed by atoms with Crippen LogP contribution in [0.15, 0.2) is 65.7 Å². The lowest BCUT2D eigenvalue weighted by Gasteiger charge is -2.33. The van der Waals surface area contributed by atoms with Crippen molar-refractivity contribution in [1.82, 2.24) is 15.1 Å². The third-order valence-electron chi connectivity index (χ3n) is 5.78. The number of sulfone groups is 1. The summed E-state index contributed by atoms with van der Waals surface area (Å²) >= 11 is 0. The van der Waals surface area contributed by atoms with Crippen LogP contribution in [-0.4, -0.2) is 42.9 Å². The molecule has 164 valence electrons. The van der Waals surface area contributed by atoms with Gasteiger partial charge in [0.15, 0.2) is 9.84 Å². The van der Waals surface area contributed by atoms with Crippen molar-refractivity contribution in [3.63, 3.8) is 0 Å². The summed E-state index contributed by atoms with van der Waals surface area (Å²) in [5, 5.41) is 6.86. The first-order valence-corrected chi connectivity index (χ1v) is 12.6. The number of piperidine rings is 1. The molecule has 1 aliphatic rings. The second-order valence-corrected chi connectivity index (χ2v) is 10.3. The number of nitrogens with zero attached hydrogens (tertiary/aromatic N) is 2. The predicted molar refractivity (Wildman–Crippen MR) is 121 cm³/mol. The molecule has 1 saturated heterocycles. The molecule has 0 radical (unpaired) electrons. The zero-order valence-corrected chi connectivity index (χ0v) is 18.6. The van der Waals surface area contributed by atoms with Crippen molar-refractivity contribution in [3.8, 4) is 5.75 Å². The Kier molecular flexibility index (Phi) is 6.73. The minimum atomic E-state index is -3.26. The maximum Gasteiger partial charge on any atom is 0.178 e. The van der Waals surface area contributed by atoms with E-state index in [1.54, 1.807) is 0 Å². The lowest BCUT2D eigenvalue weighted by Crippen LogP contribution is -2.36. The highest BCUT2D eigenvalue weighted by Gasteiger charge is 2.24. The quantitative estimate of drug-likeness (QED) is 0.577. The molecule has 2 heterocycles. The van der Waals surface area contributed by atoms with Crippen molar-refractivity contribution >= 4 is 9.84 Å². The van der Waals surface area contributed by atoms with Crippen LogP contribution in [-0.2, 0) is 29.4 Å². The van der Waals surface area contributed by atoms with Gasteiger partial charge in [0.1, 0.15) is 17.3 Å². The number of nitrogens with one attached hydrogen (secondary N) is 1. The molecule has 0 saturated carbocycles. The van der Waals surface area contributed by atoms with E-state index in [9.17, 15) is 8.42 Å². The highest BCUT2D eigenvalue weighted by Crippen LogP contribution is 2.27. The van der Waals surface area contributed by atoms with E-state index in [0.717, 1.165) is 49.5 Å². The standard InChI is InChI=1S/C24H29N3O3S/c1-31(28,29)24-15-25-26-22(24)14-20-10-7-13-27(16-20)17-21-11-5-6-12-23(21)30-18-19-8-3-2-4-9-19/h2-6,8-9,11-12,15,20H,7,10,13-14,16-18H2,1H3,(H,25,26)/t20-/m0/s1. The van der Waals surface area contributed by atoms with Gasteiger partial charge in [-0.1, -0.05) is 48.5 Å². The van der Waals surface area contributed by atoms with Gasteiger partial charge in [0.2, 0.25) is 0 Å². The number of likely N-dealkylation sites (tertiary alicyclic amines) is 1. The van der Waals surface area contributed by atoms with E-state index in [1.165, 1.54) is 18.0 Å². The molecule has 3 aromatic rings. The molecule has 2 aromatic carbocycles. The first kappa shape index (κ1) is 21.6. The molecule has 1 N–H and O–H groups in total. The summed E-state index contributed by atoms with van der Waals surface area (Å²) in [4.78, 5) is 2.76. The molecule has 1 aliphatic heterocycles. The number of rotatable bonds is 8. The average molecular weight is 440 g/mol. The number of aromatic amines is 1. The molecule has 0 bridgehead atoms. The number of H-pyrrole nitrogens is 1. The van der Waals surface area contributed by atoms with Crippen LogP contribution in [0.5, 0.6) is 5.75 Å². The Bertz CT molecular complexity index is 1100. The van der Waals surface area contributed by atoms with Gasteiger partial charge in [-0.25, -0.2) is 8.42 Å². The summed E-state index contributed by atoms with van der Waals surface area (Å²) in [6, 6.07) is 18.4. The Labute approximate surface area is 184 Å². The van der Waals surface area contributed by atoms with Gasteiger partial charge in [-0.05, 0) is 43.4 Å². The van der Waals surface area contributed by atoms with Crippen molar-refractivity contribution in [2.45, 2.75) is 37.3 Å². The fraction of sp³-hybridized carbons (Fsp3) is 0.375. The van der Waals surface area contributed by atoms with Gasteiger partial charge in [0, 0.05) is 24.9 Å². The molecular weight excluding hydrogens is 410 g/mol. The third-order valence-corrected chi connectivity index (χ3v) is 6.93. The number of benzene rings is 2. The van der Waals surface area contributed by atoms with Crippen molar-refractivity contribution < 1.29 is 13.2 Å². The number of hydrogen-bond acceptors (Lipinski definition) is 5. The van der Waals surface area contributed by atoms with Gasteiger partial charge in [-0.2, -0.15) is 5.10 Å². The Morgan fingerprint density at radius 2 is 1.90 bits per heavy atom. The highest BCUT2D eigenvalue weighted by atomic mass is 32.2. The van der Waals surface area contributed by atoms with Gasteiger partial charge in [-0.15, -0.1) is 0 Å². The van der Waals surface area contributed by atoms with Crippen LogP contribution in [0.1, 0.15) is 29.7 Å². The molecule has 0 unspecified atom stereocenters. The summed E-state index contributed by atoms with van der Waals surface area (Å²) in [6.07, 6.45) is 5.54. The Balaban J connectivity index is 1.39. The number of aromatic nitrogens is 2. The maximum atomic E-state index is 12.0. The van der Waals surface area contributed by atoms with Crippen LogP contribution in [0.4, 0.5) is 0 Å². The summed E-state index contributed by atoms with van der Waals surface area (Å²) < 4.78 is 30.1. The molecular formula is C24H29N3O3S. The lowest BCUT2D eigenvalue weighted by atomic mass is 9.93. The van der Waals surface area contributed by atoms with Gasteiger partial charge in [-0.3, -0.25) is 10.00 Å². The van der Waals surface area contributed by atoms with E-state index in [0.29, 0.717) is 23.8 Å². The van der Waals surface area contributed by atoms with Crippen LogP contribution in [0.3, 0.4) is 0 Å². The molecule has 6 nitrogen and oxygen atoms in total. The van der Waals surface area contributed by atoms with Gasteiger partial charge >= 0.3 is 0 Å². The summed E-state index contributed by atoms with van der Waals surface area (Å²) in [6.45, 7) is 3.33. The summed E-state index contributed by atoms with van der Waals surface area (Å²) in [7, 11) is -3.26. The van der Waals surface area contributed by atoms with Gasteiger partial charge in [0.05, 0.1) is 11.9 Å². The molecule has 31 heavy (non-hydrogen) atoms. The largest absolute Gasteiger partial charge is 0.489 e. The van der Waals surface area contributed by atoms with Crippen LogP contribution in [0, 0.1) is 5.92 Å². The minimum absolute atomic E-state index is 0.323. The van der Waals surface area contributed by atoms with E-state index in [2.05, 4.69) is 39.4 Å². The summed E-state index contributed by atoms with van der Waals surface area (Å²) in [5.41, 5.74) is 3.05. The van der Waals surface area contributed by atoms with E-state index in [-0.39, 0.29) is 0 Å². The molecule has 7 heteroatoms. The molecule has 0 spiro atoms. The average Bonchev–Trinajstić information content (AvgIpc) is 3.23. The Hall–Kier alpha value is -2.64. The third kappa shape index (κ3) is 5.74. The zero-order chi connectivity index (χ0) is 21.7. The fourth-order valence-electron chi connectivity index (χ4n) is 4.27. The van der Waals surface area contributed by atoms with Crippen LogP contribution in [0.2, 0.25) is 0 Å². The van der Waals surface area contributed by atoms with Crippen molar-refractivity contribution in [2.75, 3.05) is 19.3 Å². The minimum Gasteiger partial charge on any atom is -0.489 e. The molecule has 4 rings (SSSR count). The Morgan fingerprint density at radius 3 is 2.71 bits per heavy atom. The smallest absolute Gasteiger partial charge is 0.178 e. The highest BCUT2D eigenvalue weighted by molar-refractivity contribution is 7.90. The SMILES string of the molecule is CS(=O)(=O)c1cn[nH]c1C[C@@H]1CCCN(Cc2ccccc2OCc2ccccc2)C1. The van der Waals surface area contributed by atoms with E-state index in [1.807, 2.05) is 30.3 Å². The van der Waals surface area contributed by atoms with Gasteiger partial charge < -0.3 is 4.74 Å². The van der Waals surface area contributed by atoms with E-state index < -0.39 is 9.84 Å². The number of ether oxygens (including phenoxy) is 1. The van der Waals surface area contributed by atoms with Crippen molar-refractivity contribution in [1.29, 1.82) is 0 Å². The monoisotopic (exact) mass is 439 g/mol. The molecule has 1 aromatic heterocycles. The molecule has 0 amide bonds. The topological polar surface area (TPSA) is 75.3 Å². The lowest BCUT2D eigenvalue weighted by molar-refractivity contribution is 0.163. The van der Waals surface area contributed by atoms with Crippen LogP contribution >= 0.6 is 0 Å². The number of para-hydroxylation sites is 1. The predicted octanol–water partition coefficient (Wildman–Crippen LogP) is 3.85.